The third-order valence-corrected chi connectivity index (χ3v) is 3.14. The molecule has 0 atom stereocenters. The quantitative estimate of drug-likeness (QED) is 0.824. The molecule has 1 aromatic rings. The molecule has 2 rings (SSSR count). The lowest BCUT2D eigenvalue weighted by Crippen LogP contribution is -2.36. The molecule has 1 aliphatic rings. The van der Waals surface area contributed by atoms with E-state index < -0.39 is 0 Å². The minimum absolute atomic E-state index is 0.782. The van der Waals surface area contributed by atoms with Crippen LogP contribution in [0.15, 0.2) is 22.7 Å². The number of ether oxygens (including phenoxy) is 2. The molecule has 1 heterocycles. The molecular formula is C11H14BrNO2. The maximum atomic E-state index is 5.37. The van der Waals surface area contributed by atoms with Crippen LogP contribution in [0.4, 0.5) is 5.69 Å². The highest BCUT2D eigenvalue weighted by atomic mass is 79.9. The number of para-hydroxylation sites is 1. The van der Waals surface area contributed by atoms with Gasteiger partial charge in [0.1, 0.15) is 5.75 Å². The average molecular weight is 272 g/mol. The predicted molar refractivity (Wildman–Crippen MR) is 63.7 cm³/mol. The summed E-state index contributed by atoms with van der Waals surface area (Å²) >= 11 is 3.56. The molecule has 15 heavy (non-hydrogen) atoms. The molecule has 0 aromatic heterocycles. The SMILES string of the molecule is COc1cccc(Br)c1N1CCOCC1. The fourth-order valence-electron chi connectivity index (χ4n) is 1.75. The van der Waals surface area contributed by atoms with Crippen LogP contribution in [0.5, 0.6) is 5.75 Å². The number of anilines is 1. The summed E-state index contributed by atoms with van der Waals surface area (Å²) in [6, 6.07) is 6.00. The first kappa shape index (κ1) is 10.8. The van der Waals surface area contributed by atoms with Crippen LogP contribution in [-0.2, 0) is 4.74 Å². The van der Waals surface area contributed by atoms with Crippen LogP contribution in [0.3, 0.4) is 0 Å². The molecular weight excluding hydrogens is 258 g/mol. The highest BCUT2D eigenvalue weighted by Gasteiger charge is 2.17. The molecule has 4 heteroatoms. The number of hydrogen-bond donors (Lipinski definition) is 0. The Balaban J connectivity index is 2.31. The average Bonchev–Trinajstić information content (AvgIpc) is 2.29. The number of methoxy groups -OCH3 is 1. The van der Waals surface area contributed by atoms with E-state index >= 15 is 0 Å². The van der Waals surface area contributed by atoms with Crippen molar-refractivity contribution in [1.82, 2.24) is 0 Å². The van der Waals surface area contributed by atoms with Crippen molar-refractivity contribution in [2.24, 2.45) is 0 Å². The summed E-state index contributed by atoms with van der Waals surface area (Å²) in [5.41, 5.74) is 1.13. The van der Waals surface area contributed by atoms with Gasteiger partial charge in [0.05, 0.1) is 26.0 Å². The van der Waals surface area contributed by atoms with Crippen molar-refractivity contribution in [2.45, 2.75) is 0 Å². The van der Waals surface area contributed by atoms with Gasteiger partial charge in [-0.3, -0.25) is 0 Å². The molecule has 0 unspecified atom stereocenters. The lowest BCUT2D eigenvalue weighted by atomic mass is 10.2. The lowest BCUT2D eigenvalue weighted by Gasteiger charge is -2.30. The Hall–Kier alpha value is -0.740. The Kier molecular flexibility index (Phi) is 3.49. The minimum atomic E-state index is 0.782. The predicted octanol–water partition coefficient (Wildman–Crippen LogP) is 2.29. The van der Waals surface area contributed by atoms with Gasteiger partial charge in [-0.1, -0.05) is 6.07 Å². The molecule has 1 aliphatic heterocycles. The molecule has 0 aliphatic carbocycles. The zero-order valence-corrected chi connectivity index (χ0v) is 10.3. The number of nitrogens with zero attached hydrogens (tertiary/aromatic N) is 1. The van der Waals surface area contributed by atoms with Crippen molar-refractivity contribution < 1.29 is 9.47 Å². The summed E-state index contributed by atoms with van der Waals surface area (Å²) in [6.45, 7) is 3.40. The van der Waals surface area contributed by atoms with Gasteiger partial charge in [-0.25, -0.2) is 0 Å². The zero-order chi connectivity index (χ0) is 10.7. The molecule has 1 saturated heterocycles. The van der Waals surface area contributed by atoms with Gasteiger partial charge in [0.15, 0.2) is 0 Å². The van der Waals surface area contributed by atoms with Crippen molar-refractivity contribution in [3.05, 3.63) is 22.7 Å². The van der Waals surface area contributed by atoms with Crippen LogP contribution in [0.25, 0.3) is 0 Å². The summed E-state index contributed by atoms with van der Waals surface area (Å²) in [5, 5.41) is 0. The van der Waals surface area contributed by atoms with E-state index in [1.165, 1.54) is 0 Å². The Labute approximate surface area is 98.1 Å². The summed E-state index contributed by atoms with van der Waals surface area (Å²) in [6.07, 6.45) is 0. The molecule has 0 bridgehead atoms. The summed E-state index contributed by atoms with van der Waals surface area (Å²) in [4.78, 5) is 2.28. The van der Waals surface area contributed by atoms with Gasteiger partial charge < -0.3 is 14.4 Å². The topological polar surface area (TPSA) is 21.7 Å². The molecule has 0 spiro atoms. The van der Waals surface area contributed by atoms with E-state index in [4.69, 9.17) is 9.47 Å². The van der Waals surface area contributed by atoms with Crippen LogP contribution < -0.4 is 9.64 Å². The van der Waals surface area contributed by atoms with E-state index in [9.17, 15) is 0 Å². The van der Waals surface area contributed by atoms with Crippen molar-refractivity contribution in [3.63, 3.8) is 0 Å². The number of morpholine rings is 1. The molecule has 0 N–H and O–H groups in total. The van der Waals surface area contributed by atoms with E-state index in [2.05, 4.69) is 20.8 Å². The van der Waals surface area contributed by atoms with Gasteiger partial charge in [0.25, 0.3) is 0 Å². The summed E-state index contributed by atoms with van der Waals surface area (Å²) in [7, 11) is 1.70. The van der Waals surface area contributed by atoms with Crippen LogP contribution in [0, 0.1) is 0 Å². The monoisotopic (exact) mass is 271 g/mol. The Morgan fingerprint density at radius 3 is 2.73 bits per heavy atom. The maximum absolute atomic E-state index is 5.37. The molecule has 0 saturated carbocycles. The second kappa shape index (κ2) is 4.86. The van der Waals surface area contributed by atoms with E-state index in [-0.39, 0.29) is 0 Å². The van der Waals surface area contributed by atoms with Crippen LogP contribution in [-0.4, -0.2) is 33.4 Å². The van der Waals surface area contributed by atoms with Crippen LogP contribution in [0.2, 0.25) is 0 Å². The lowest BCUT2D eigenvalue weighted by molar-refractivity contribution is 0.122. The standard InChI is InChI=1S/C11H14BrNO2/c1-14-10-4-2-3-9(12)11(10)13-5-7-15-8-6-13/h2-4H,5-8H2,1H3. The second-order valence-corrected chi connectivity index (χ2v) is 4.24. The normalized spacial score (nSPS) is 16.5. The first-order valence-electron chi connectivity index (χ1n) is 4.98. The smallest absolute Gasteiger partial charge is 0.143 e. The van der Waals surface area contributed by atoms with Gasteiger partial charge in [-0.05, 0) is 28.1 Å². The molecule has 0 radical (unpaired) electrons. The molecule has 1 aromatic carbocycles. The fourth-order valence-corrected chi connectivity index (χ4v) is 2.35. The Morgan fingerprint density at radius 2 is 2.07 bits per heavy atom. The van der Waals surface area contributed by atoms with Gasteiger partial charge in [-0.15, -0.1) is 0 Å². The largest absolute Gasteiger partial charge is 0.495 e. The Morgan fingerprint density at radius 1 is 1.33 bits per heavy atom. The molecule has 82 valence electrons. The third kappa shape index (κ3) is 2.26. The fraction of sp³-hybridized carbons (Fsp3) is 0.455. The number of rotatable bonds is 2. The van der Waals surface area contributed by atoms with Gasteiger partial charge in [0.2, 0.25) is 0 Å². The summed E-state index contributed by atoms with van der Waals surface area (Å²) in [5.74, 6) is 0.909. The van der Waals surface area contributed by atoms with Crippen molar-refractivity contribution in [2.75, 3.05) is 38.3 Å². The summed E-state index contributed by atoms with van der Waals surface area (Å²) < 4.78 is 11.8. The Bertz CT molecular complexity index is 337. The first-order chi connectivity index (χ1) is 7.33. The minimum Gasteiger partial charge on any atom is -0.495 e. The molecule has 3 nitrogen and oxygen atoms in total. The molecule has 0 amide bonds. The van der Waals surface area contributed by atoms with Crippen LogP contribution in [0.1, 0.15) is 0 Å². The highest BCUT2D eigenvalue weighted by molar-refractivity contribution is 9.10. The second-order valence-electron chi connectivity index (χ2n) is 3.39. The number of halogens is 1. The van der Waals surface area contributed by atoms with Crippen molar-refractivity contribution in [1.29, 1.82) is 0 Å². The third-order valence-electron chi connectivity index (χ3n) is 2.50. The number of benzene rings is 1. The van der Waals surface area contributed by atoms with Crippen molar-refractivity contribution in [3.8, 4) is 5.75 Å². The zero-order valence-electron chi connectivity index (χ0n) is 8.70. The van der Waals surface area contributed by atoms with E-state index in [1.807, 2.05) is 18.2 Å². The highest BCUT2D eigenvalue weighted by Crippen LogP contribution is 2.35. The van der Waals surface area contributed by atoms with E-state index in [0.717, 1.165) is 42.2 Å². The maximum Gasteiger partial charge on any atom is 0.143 e. The first-order valence-corrected chi connectivity index (χ1v) is 5.77. The van der Waals surface area contributed by atoms with Gasteiger partial charge in [0, 0.05) is 17.6 Å². The van der Waals surface area contributed by atoms with E-state index in [0.29, 0.717) is 0 Å². The van der Waals surface area contributed by atoms with Gasteiger partial charge in [-0.2, -0.15) is 0 Å². The molecule has 1 fully saturated rings. The van der Waals surface area contributed by atoms with Crippen molar-refractivity contribution >= 4 is 21.6 Å². The number of hydrogen-bond acceptors (Lipinski definition) is 3. The van der Waals surface area contributed by atoms with Crippen LogP contribution >= 0.6 is 15.9 Å². The van der Waals surface area contributed by atoms with E-state index in [1.54, 1.807) is 7.11 Å². The van der Waals surface area contributed by atoms with Gasteiger partial charge >= 0.3 is 0 Å².